The summed E-state index contributed by atoms with van der Waals surface area (Å²) < 4.78 is 11.2. The highest BCUT2D eigenvalue weighted by Gasteiger charge is 2.18. The zero-order chi connectivity index (χ0) is 14.5. The van der Waals surface area contributed by atoms with Gasteiger partial charge in [-0.25, -0.2) is 0 Å². The lowest BCUT2D eigenvalue weighted by molar-refractivity contribution is -0.120. The maximum Gasteiger partial charge on any atom is 0.227 e. The van der Waals surface area contributed by atoms with Crippen LogP contribution in [0.2, 0.25) is 0 Å². The van der Waals surface area contributed by atoms with Crippen LogP contribution < -0.4 is 20.5 Å². The van der Waals surface area contributed by atoms with E-state index < -0.39 is 0 Å². The Bertz CT molecular complexity index is 484. The maximum atomic E-state index is 12.1. The van der Waals surface area contributed by atoms with E-state index in [1.807, 2.05) is 13.8 Å². The van der Waals surface area contributed by atoms with Crippen LogP contribution in [0.4, 0.5) is 11.4 Å². The number of nitrogen functional groups attached to an aromatic ring is 1. The van der Waals surface area contributed by atoms with Gasteiger partial charge in [-0.05, 0) is 12.8 Å². The van der Waals surface area contributed by atoms with Crippen molar-refractivity contribution in [1.29, 1.82) is 0 Å². The molecule has 1 aromatic rings. The summed E-state index contributed by atoms with van der Waals surface area (Å²) in [5.41, 5.74) is 7.06. The quantitative estimate of drug-likeness (QED) is 0.831. The summed E-state index contributed by atoms with van der Waals surface area (Å²) in [6.45, 7) is 5.24. The molecule has 1 amide bonds. The van der Waals surface area contributed by atoms with E-state index in [0.717, 1.165) is 19.3 Å². The second-order valence-electron chi connectivity index (χ2n) is 4.94. The Morgan fingerprint density at radius 1 is 1.25 bits per heavy atom. The fourth-order valence-corrected chi connectivity index (χ4v) is 2.23. The van der Waals surface area contributed by atoms with Crippen LogP contribution in [-0.2, 0) is 4.79 Å². The molecule has 0 unspecified atom stereocenters. The van der Waals surface area contributed by atoms with Crippen molar-refractivity contribution in [3.05, 3.63) is 12.1 Å². The molecule has 0 radical (unpaired) electrons. The zero-order valence-electron chi connectivity index (χ0n) is 12.1. The van der Waals surface area contributed by atoms with Gasteiger partial charge in [0.1, 0.15) is 0 Å². The number of hydrogen-bond donors (Lipinski definition) is 2. The summed E-state index contributed by atoms with van der Waals surface area (Å²) in [4.78, 5) is 12.1. The Hall–Kier alpha value is -1.91. The molecule has 0 aromatic heterocycles. The molecule has 0 bridgehead atoms. The third-order valence-corrected chi connectivity index (χ3v) is 3.53. The number of nitrogens with two attached hydrogens (primary N) is 1. The number of rotatable bonds is 4. The van der Waals surface area contributed by atoms with E-state index in [4.69, 9.17) is 15.2 Å². The molecule has 20 heavy (non-hydrogen) atoms. The van der Waals surface area contributed by atoms with Gasteiger partial charge in [-0.3, -0.25) is 4.79 Å². The third kappa shape index (κ3) is 3.15. The summed E-state index contributed by atoms with van der Waals surface area (Å²) in [6.07, 6.45) is 2.46. The minimum Gasteiger partial charge on any atom is -0.489 e. The average Bonchev–Trinajstić information content (AvgIpc) is 2.65. The SMILES string of the molecule is CCC(CC)C(=O)Nc1cc2c(cc1N)OCCCO2. The second-order valence-corrected chi connectivity index (χ2v) is 4.94. The minimum absolute atomic E-state index is 0.00353. The highest BCUT2D eigenvalue weighted by atomic mass is 16.5. The fourth-order valence-electron chi connectivity index (χ4n) is 2.23. The summed E-state index contributed by atoms with van der Waals surface area (Å²) >= 11 is 0. The van der Waals surface area contributed by atoms with Crippen molar-refractivity contribution in [2.75, 3.05) is 24.3 Å². The van der Waals surface area contributed by atoms with Crippen molar-refractivity contribution in [1.82, 2.24) is 0 Å². The summed E-state index contributed by atoms with van der Waals surface area (Å²) in [5.74, 6) is 1.28. The molecule has 1 aliphatic heterocycles. The molecule has 110 valence electrons. The van der Waals surface area contributed by atoms with Gasteiger partial charge in [0, 0.05) is 24.5 Å². The Morgan fingerprint density at radius 3 is 2.45 bits per heavy atom. The molecule has 5 heteroatoms. The van der Waals surface area contributed by atoms with Crippen LogP contribution >= 0.6 is 0 Å². The number of carbonyl (C=O) groups excluding carboxylic acids is 1. The summed E-state index contributed by atoms with van der Waals surface area (Å²) in [5, 5.41) is 2.88. The summed E-state index contributed by atoms with van der Waals surface area (Å²) in [7, 11) is 0. The molecular formula is C15H22N2O3. The normalized spacial score (nSPS) is 13.9. The molecule has 1 aliphatic rings. The lowest BCUT2D eigenvalue weighted by Crippen LogP contribution is -2.22. The number of amides is 1. The summed E-state index contributed by atoms with van der Waals surface area (Å²) in [6, 6.07) is 3.46. The number of benzene rings is 1. The van der Waals surface area contributed by atoms with Crippen molar-refractivity contribution in [2.24, 2.45) is 5.92 Å². The molecule has 2 rings (SSSR count). The van der Waals surface area contributed by atoms with Gasteiger partial charge < -0.3 is 20.5 Å². The number of fused-ring (bicyclic) bond motifs is 1. The standard InChI is InChI=1S/C15H22N2O3/c1-3-10(4-2)15(18)17-12-9-14-13(8-11(12)16)19-6-5-7-20-14/h8-10H,3-7,16H2,1-2H3,(H,17,18). The molecule has 0 atom stereocenters. The Morgan fingerprint density at radius 2 is 1.85 bits per heavy atom. The predicted octanol–water partition coefficient (Wildman–Crippen LogP) is 2.80. The predicted molar refractivity (Wildman–Crippen MR) is 79.2 cm³/mol. The van der Waals surface area contributed by atoms with E-state index in [1.54, 1.807) is 12.1 Å². The van der Waals surface area contributed by atoms with E-state index >= 15 is 0 Å². The van der Waals surface area contributed by atoms with Crippen LogP contribution in [0.25, 0.3) is 0 Å². The van der Waals surface area contributed by atoms with Crippen LogP contribution in [0.5, 0.6) is 11.5 Å². The van der Waals surface area contributed by atoms with E-state index in [1.165, 1.54) is 0 Å². The van der Waals surface area contributed by atoms with E-state index in [-0.39, 0.29) is 11.8 Å². The second kappa shape index (κ2) is 6.50. The third-order valence-electron chi connectivity index (χ3n) is 3.53. The lowest BCUT2D eigenvalue weighted by atomic mass is 10.0. The van der Waals surface area contributed by atoms with Gasteiger partial charge in [0.2, 0.25) is 5.91 Å². The first-order valence-corrected chi connectivity index (χ1v) is 7.15. The van der Waals surface area contributed by atoms with Crippen LogP contribution in [0, 0.1) is 5.92 Å². The first kappa shape index (κ1) is 14.5. The number of hydrogen-bond acceptors (Lipinski definition) is 4. The van der Waals surface area contributed by atoms with Crippen LogP contribution in [-0.4, -0.2) is 19.1 Å². The van der Waals surface area contributed by atoms with Crippen molar-refractivity contribution >= 4 is 17.3 Å². The van der Waals surface area contributed by atoms with Gasteiger partial charge in [0.05, 0.1) is 24.6 Å². The van der Waals surface area contributed by atoms with E-state index in [2.05, 4.69) is 5.32 Å². The average molecular weight is 278 g/mol. The first-order valence-electron chi connectivity index (χ1n) is 7.15. The Kier molecular flexibility index (Phi) is 4.71. The molecular weight excluding hydrogens is 256 g/mol. The highest BCUT2D eigenvalue weighted by molar-refractivity contribution is 5.96. The van der Waals surface area contributed by atoms with E-state index in [9.17, 15) is 4.79 Å². The van der Waals surface area contributed by atoms with Crippen molar-refractivity contribution in [2.45, 2.75) is 33.1 Å². The number of carbonyl (C=O) groups is 1. The molecule has 0 spiro atoms. The lowest BCUT2D eigenvalue weighted by Gasteiger charge is -2.16. The van der Waals surface area contributed by atoms with Gasteiger partial charge >= 0.3 is 0 Å². The number of anilines is 2. The van der Waals surface area contributed by atoms with Crippen molar-refractivity contribution < 1.29 is 14.3 Å². The monoisotopic (exact) mass is 278 g/mol. The zero-order valence-corrected chi connectivity index (χ0v) is 12.1. The molecule has 1 aromatic carbocycles. The molecule has 0 fully saturated rings. The van der Waals surface area contributed by atoms with Gasteiger partial charge in [0.25, 0.3) is 0 Å². The molecule has 0 saturated carbocycles. The topological polar surface area (TPSA) is 73.6 Å². The highest BCUT2D eigenvalue weighted by Crippen LogP contribution is 2.36. The van der Waals surface area contributed by atoms with Crippen LogP contribution in [0.1, 0.15) is 33.1 Å². The van der Waals surface area contributed by atoms with Gasteiger partial charge in [0.15, 0.2) is 11.5 Å². The van der Waals surface area contributed by atoms with Gasteiger partial charge in [-0.15, -0.1) is 0 Å². The van der Waals surface area contributed by atoms with Crippen molar-refractivity contribution in [3.63, 3.8) is 0 Å². The van der Waals surface area contributed by atoms with Gasteiger partial charge in [-0.2, -0.15) is 0 Å². The largest absolute Gasteiger partial charge is 0.489 e. The maximum absolute atomic E-state index is 12.1. The van der Waals surface area contributed by atoms with Crippen LogP contribution in [0.3, 0.4) is 0 Å². The minimum atomic E-state index is -0.00353. The first-order chi connectivity index (χ1) is 9.65. The number of ether oxygens (including phenoxy) is 2. The molecule has 0 aliphatic carbocycles. The van der Waals surface area contributed by atoms with E-state index in [0.29, 0.717) is 36.1 Å². The molecule has 5 nitrogen and oxygen atoms in total. The molecule has 0 saturated heterocycles. The van der Waals surface area contributed by atoms with Gasteiger partial charge in [-0.1, -0.05) is 13.8 Å². The Balaban J connectivity index is 2.20. The number of nitrogens with one attached hydrogen (secondary N) is 1. The smallest absolute Gasteiger partial charge is 0.227 e. The fraction of sp³-hybridized carbons (Fsp3) is 0.533. The molecule has 1 heterocycles. The molecule has 3 N–H and O–H groups in total. The van der Waals surface area contributed by atoms with Crippen molar-refractivity contribution in [3.8, 4) is 11.5 Å². The Labute approximate surface area is 119 Å². The van der Waals surface area contributed by atoms with Crippen LogP contribution in [0.15, 0.2) is 12.1 Å².